The first-order valence-electron chi connectivity index (χ1n) is 4.63. The van der Waals surface area contributed by atoms with Gasteiger partial charge >= 0.3 is 0 Å². The number of hydrogen-bond acceptors (Lipinski definition) is 3. The lowest BCUT2D eigenvalue weighted by molar-refractivity contribution is 0.0768. The molecule has 0 saturated carbocycles. The Morgan fingerprint density at radius 2 is 2.29 bits per heavy atom. The standard InChI is InChI=1S/C11H14OS2/c1-13-6-9-3-2-4-10(5-9)11(12)7-14-8-11/h2-5,12H,6-8H2,1H3. The summed E-state index contributed by atoms with van der Waals surface area (Å²) in [5.41, 5.74) is 1.85. The van der Waals surface area contributed by atoms with Gasteiger partial charge in [-0.2, -0.15) is 23.5 Å². The van der Waals surface area contributed by atoms with Crippen LogP contribution < -0.4 is 0 Å². The van der Waals surface area contributed by atoms with Crippen LogP contribution in [0.4, 0.5) is 0 Å². The van der Waals surface area contributed by atoms with Gasteiger partial charge < -0.3 is 5.11 Å². The normalized spacial score (nSPS) is 19.0. The van der Waals surface area contributed by atoms with Crippen molar-refractivity contribution in [3.8, 4) is 0 Å². The number of rotatable bonds is 3. The molecule has 0 atom stereocenters. The van der Waals surface area contributed by atoms with Gasteiger partial charge in [-0.1, -0.05) is 24.3 Å². The second kappa shape index (κ2) is 4.17. The van der Waals surface area contributed by atoms with Crippen LogP contribution in [0.25, 0.3) is 0 Å². The molecular weight excluding hydrogens is 212 g/mol. The molecule has 14 heavy (non-hydrogen) atoms. The molecule has 1 N–H and O–H groups in total. The molecule has 0 aromatic heterocycles. The Hall–Kier alpha value is -0.120. The van der Waals surface area contributed by atoms with E-state index in [-0.39, 0.29) is 0 Å². The van der Waals surface area contributed by atoms with Gasteiger partial charge in [-0.25, -0.2) is 0 Å². The fourth-order valence-electron chi connectivity index (χ4n) is 1.58. The molecule has 1 aromatic carbocycles. The predicted octanol–water partition coefficient (Wildman–Crippen LogP) is 2.48. The van der Waals surface area contributed by atoms with Gasteiger partial charge in [0.15, 0.2) is 0 Å². The molecule has 0 aliphatic carbocycles. The number of benzene rings is 1. The quantitative estimate of drug-likeness (QED) is 0.855. The van der Waals surface area contributed by atoms with Gasteiger partial charge in [0.1, 0.15) is 5.60 Å². The maximum Gasteiger partial charge on any atom is 0.108 e. The van der Waals surface area contributed by atoms with Crippen LogP contribution in [0.5, 0.6) is 0 Å². The minimum absolute atomic E-state index is 0.543. The summed E-state index contributed by atoms with van der Waals surface area (Å²) in [7, 11) is 0. The summed E-state index contributed by atoms with van der Waals surface area (Å²) in [4.78, 5) is 0. The summed E-state index contributed by atoms with van der Waals surface area (Å²) < 4.78 is 0. The Labute approximate surface area is 93.3 Å². The van der Waals surface area contributed by atoms with Crippen LogP contribution in [0.1, 0.15) is 11.1 Å². The van der Waals surface area contributed by atoms with Crippen LogP contribution in [-0.4, -0.2) is 22.9 Å². The lowest BCUT2D eigenvalue weighted by Gasteiger charge is -2.36. The molecule has 0 radical (unpaired) electrons. The summed E-state index contributed by atoms with van der Waals surface area (Å²) in [6.45, 7) is 0. The Morgan fingerprint density at radius 3 is 2.86 bits per heavy atom. The maximum absolute atomic E-state index is 10.1. The van der Waals surface area contributed by atoms with Crippen LogP contribution in [0, 0.1) is 0 Å². The summed E-state index contributed by atoms with van der Waals surface area (Å²) >= 11 is 3.62. The largest absolute Gasteiger partial charge is 0.383 e. The summed E-state index contributed by atoms with van der Waals surface area (Å²) in [6.07, 6.45) is 2.10. The van der Waals surface area contributed by atoms with Crippen molar-refractivity contribution in [2.75, 3.05) is 17.8 Å². The zero-order valence-corrected chi connectivity index (χ0v) is 9.83. The monoisotopic (exact) mass is 226 g/mol. The van der Waals surface area contributed by atoms with Gasteiger partial charge in [0.2, 0.25) is 0 Å². The second-order valence-electron chi connectivity index (χ2n) is 3.66. The smallest absolute Gasteiger partial charge is 0.108 e. The summed E-state index contributed by atoms with van der Waals surface area (Å²) in [6, 6.07) is 8.33. The molecule has 1 fully saturated rings. The van der Waals surface area contributed by atoms with E-state index in [0.717, 1.165) is 22.8 Å². The molecule has 1 aromatic rings. The summed E-state index contributed by atoms with van der Waals surface area (Å²) in [5, 5.41) is 10.1. The van der Waals surface area contributed by atoms with Crippen LogP contribution in [0.3, 0.4) is 0 Å². The number of thioether (sulfide) groups is 2. The molecule has 0 bridgehead atoms. The van der Waals surface area contributed by atoms with Crippen molar-refractivity contribution < 1.29 is 5.11 Å². The topological polar surface area (TPSA) is 20.2 Å². The Morgan fingerprint density at radius 1 is 1.50 bits per heavy atom. The molecule has 76 valence electrons. The fraction of sp³-hybridized carbons (Fsp3) is 0.455. The van der Waals surface area contributed by atoms with Crippen LogP contribution in [0.2, 0.25) is 0 Å². The van der Waals surface area contributed by atoms with Crippen molar-refractivity contribution in [1.29, 1.82) is 0 Å². The molecule has 2 rings (SSSR count). The highest BCUT2D eigenvalue weighted by Gasteiger charge is 2.36. The van der Waals surface area contributed by atoms with E-state index in [2.05, 4.69) is 18.4 Å². The lowest BCUT2D eigenvalue weighted by Crippen LogP contribution is -2.39. The Bertz CT molecular complexity index is 321. The van der Waals surface area contributed by atoms with Gasteiger partial charge in [-0.05, 0) is 17.4 Å². The van der Waals surface area contributed by atoms with Crippen molar-refractivity contribution in [1.82, 2.24) is 0 Å². The highest BCUT2D eigenvalue weighted by Crippen LogP contribution is 2.38. The van der Waals surface area contributed by atoms with E-state index in [1.54, 1.807) is 11.8 Å². The van der Waals surface area contributed by atoms with Crippen molar-refractivity contribution in [2.24, 2.45) is 0 Å². The molecule has 0 spiro atoms. The van der Waals surface area contributed by atoms with Crippen LogP contribution >= 0.6 is 23.5 Å². The number of aliphatic hydroxyl groups is 1. The fourth-order valence-corrected chi connectivity index (χ4v) is 3.02. The molecule has 1 aliphatic rings. The van der Waals surface area contributed by atoms with Gasteiger partial charge in [0, 0.05) is 17.3 Å². The average molecular weight is 226 g/mol. The first-order valence-corrected chi connectivity index (χ1v) is 7.18. The predicted molar refractivity (Wildman–Crippen MR) is 64.9 cm³/mol. The molecule has 1 nitrogen and oxygen atoms in total. The van der Waals surface area contributed by atoms with E-state index in [1.807, 2.05) is 23.9 Å². The van der Waals surface area contributed by atoms with Gasteiger partial charge in [0.25, 0.3) is 0 Å². The second-order valence-corrected chi connectivity index (χ2v) is 5.51. The number of hydrogen-bond donors (Lipinski definition) is 1. The van der Waals surface area contributed by atoms with Crippen LogP contribution in [0.15, 0.2) is 24.3 Å². The third-order valence-electron chi connectivity index (χ3n) is 2.46. The lowest BCUT2D eigenvalue weighted by atomic mass is 9.96. The van der Waals surface area contributed by atoms with E-state index in [1.165, 1.54) is 5.56 Å². The van der Waals surface area contributed by atoms with Crippen molar-refractivity contribution >= 4 is 23.5 Å². The van der Waals surface area contributed by atoms with E-state index in [9.17, 15) is 5.11 Å². The van der Waals surface area contributed by atoms with Crippen molar-refractivity contribution in [3.63, 3.8) is 0 Å². The van der Waals surface area contributed by atoms with Gasteiger partial charge in [-0.3, -0.25) is 0 Å². The zero-order valence-electron chi connectivity index (χ0n) is 8.19. The molecule has 1 saturated heterocycles. The van der Waals surface area contributed by atoms with Crippen molar-refractivity contribution in [2.45, 2.75) is 11.4 Å². The third-order valence-corrected chi connectivity index (χ3v) is 4.44. The average Bonchev–Trinajstić information content (AvgIpc) is 2.15. The minimum atomic E-state index is -0.543. The van der Waals surface area contributed by atoms with E-state index >= 15 is 0 Å². The minimum Gasteiger partial charge on any atom is -0.383 e. The molecule has 0 amide bonds. The maximum atomic E-state index is 10.1. The van der Waals surface area contributed by atoms with Gasteiger partial charge in [0.05, 0.1) is 0 Å². The van der Waals surface area contributed by atoms with Crippen molar-refractivity contribution in [3.05, 3.63) is 35.4 Å². The zero-order chi connectivity index (χ0) is 10.0. The molecule has 3 heteroatoms. The summed E-state index contributed by atoms with van der Waals surface area (Å²) in [5.74, 6) is 2.71. The molecule has 1 heterocycles. The molecular formula is C11H14OS2. The third kappa shape index (κ3) is 1.95. The highest BCUT2D eigenvalue weighted by atomic mass is 32.2. The van der Waals surface area contributed by atoms with E-state index in [0.29, 0.717) is 0 Å². The van der Waals surface area contributed by atoms with E-state index < -0.39 is 5.60 Å². The highest BCUT2D eigenvalue weighted by molar-refractivity contribution is 8.00. The van der Waals surface area contributed by atoms with Gasteiger partial charge in [-0.15, -0.1) is 0 Å². The SMILES string of the molecule is CSCc1cccc(C2(O)CSC2)c1. The molecule has 1 aliphatic heterocycles. The Kier molecular flexibility index (Phi) is 3.10. The van der Waals surface area contributed by atoms with E-state index in [4.69, 9.17) is 0 Å². The first kappa shape index (κ1) is 10.4. The molecule has 0 unspecified atom stereocenters. The Balaban J connectivity index is 2.21. The first-order chi connectivity index (χ1) is 6.74. The van der Waals surface area contributed by atoms with Crippen LogP contribution in [-0.2, 0) is 11.4 Å².